The van der Waals surface area contributed by atoms with Crippen LogP contribution in [0.1, 0.15) is 36.9 Å². The van der Waals surface area contributed by atoms with Gasteiger partial charge in [0, 0.05) is 19.0 Å². The molecule has 2 aromatic carbocycles. The minimum absolute atomic E-state index is 0.146. The van der Waals surface area contributed by atoms with Gasteiger partial charge in [0.2, 0.25) is 15.9 Å². The van der Waals surface area contributed by atoms with E-state index in [2.05, 4.69) is 9.82 Å². The van der Waals surface area contributed by atoms with E-state index in [0.29, 0.717) is 18.5 Å². The van der Waals surface area contributed by atoms with Crippen LogP contribution in [-0.2, 0) is 14.8 Å². The first-order chi connectivity index (χ1) is 15.4. The second-order valence-corrected chi connectivity index (χ2v) is 9.62. The number of anilines is 1. The molecule has 0 aromatic heterocycles. The van der Waals surface area contributed by atoms with Crippen LogP contribution in [0, 0.1) is 0 Å². The fourth-order valence-electron chi connectivity index (χ4n) is 3.84. The summed E-state index contributed by atoms with van der Waals surface area (Å²) in [7, 11) is -1.92. The Morgan fingerprint density at radius 2 is 1.94 bits per heavy atom. The second-order valence-electron chi connectivity index (χ2n) is 7.72. The summed E-state index contributed by atoms with van der Waals surface area (Å²) in [5.41, 5.74) is 3.04. The van der Waals surface area contributed by atoms with Gasteiger partial charge in [0.05, 0.1) is 18.9 Å². The molecule has 0 radical (unpaired) electrons. The normalized spacial score (nSPS) is 20.2. The second kappa shape index (κ2) is 9.00. The van der Waals surface area contributed by atoms with Crippen molar-refractivity contribution in [2.75, 3.05) is 11.8 Å². The summed E-state index contributed by atoms with van der Waals surface area (Å²) in [6, 6.07) is 14.5. The number of hydrogen-bond donors (Lipinski definition) is 1. The van der Waals surface area contributed by atoms with E-state index in [9.17, 15) is 13.2 Å². The summed E-state index contributed by atoms with van der Waals surface area (Å²) in [6.07, 6.45) is 8.11. The minimum atomic E-state index is -3.52. The van der Waals surface area contributed by atoms with Gasteiger partial charge in [-0.15, -0.1) is 0 Å². The van der Waals surface area contributed by atoms with Crippen LogP contribution in [0.5, 0.6) is 5.75 Å². The van der Waals surface area contributed by atoms with E-state index in [1.807, 2.05) is 48.6 Å². The molecular formula is C24H25N3O4S. The predicted molar refractivity (Wildman–Crippen MR) is 125 cm³/mol. The van der Waals surface area contributed by atoms with E-state index in [1.54, 1.807) is 31.4 Å². The summed E-state index contributed by atoms with van der Waals surface area (Å²) in [4.78, 5) is 12.2. The number of carbonyl (C=O) groups excluding carboxylic acids is 1. The average molecular weight is 452 g/mol. The summed E-state index contributed by atoms with van der Waals surface area (Å²) in [5.74, 6) is 0.575. The summed E-state index contributed by atoms with van der Waals surface area (Å²) in [5, 5.41) is 5.46. The third-order valence-corrected chi connectivity index (χ3v) is 7.20. The molecule has 2 atom stereocenters. The summed E-state index contributed by atoms with van der Waals surface area (Å²) < 4.78 is 33.1. The topological polar surface area (TPSA) is 88.1 Å². The van der Waals surface area contributed by atoms with E-state index in [0.717, 1.165) is 22.6 Å². The molecule has 4 rings (SSSR count). The van der Waals surface area contributed by atoms with Gasteiger partial charge in [-0.25, -0.2) is 13.4 Å². The lowest BCUT2D eigenvalue weighted by Crippen LogP contribution is -2.26. The smallest absolute Gasteiger partial charge is 0.240 e. The first kappa shape index (κ1) is 21.8. The van der Waals surface area contributed by atoms with Crippen molar-refractivity contribution >= 4 is 27.3 Å². The zero-order valence-electron chi connectivity index (χ0n) is 17.9. The highest BCUT2D eigenvalue weighted by atomic mass is 32.2. The molecule has 0 saturated heterocycles. The van der Waals surface area contributed by atoms with Crippen molar-refractivity contribution in [2.24, 2.45) is 5.10 Å². The molecular weight excluding hydrogens is 426 g/mol. The number of sulfonamides is 1. The van der Waals surface area contributed by atoms with E-state index in [1.165, 1.54) is 11.9 Å². The maximum atomic E-state index is 12.6. The summed E-state index contributed by atoms with van der Waals surface area (Å²) in [6.45, 7) is 1.49. The number of amides is 1. The van der Waals surface area contributed by atoms with Crippen molar-refractivity contribution in [2.45, 2.75) is 31.1 Å². The Kier molecular flexibility index (Phi) is 6.14. The van der Waals surface area contributed by atoms with Crippen LogP contribution in [-0.4, -0.2) is 37.4 Å². The van der Waals surface area contributed by atoms with Crippen molar-refractivity contribution < 1.29 is 17.9 Å². The fraction of sp³-hybridized carbons (Fsp3) is 0.250. The zero-order valence-corrected chi connectivity index (χ0v) is 18.7. The number of carbonyl (C=O) groups is 1. The summed E-state index contributed by atoms with van der Waals surface area (Å²) >= 11 is 0. The number of allylic oxidation sites excluding steroid dienone is 3. The Balaban J connectivity index is 1.52. The van der Waals surface area contributed by atoms with Crippen LogP contribution in [0.3, 0.4) is 0 Å². The van der Waals surface area contributed by atoms with Gasteiger partial charge in [-0.1, -0.05) is 48.6 Å². The average Bonchev–Trinajstić information content (AvgIpc) is 3.26. The van der Waals surface area contributed by atoms with Crippen LogP contribution in [0.15, 0.2) is 77.9 Å². The first-order valence-corrected chi connectivity index (χ1v) is 11.9. The lowest BCUT2D eigenvalue weighted by atomic mass is 9.98. The molecule has 0 saturated carbocycles. The van der Waals surface area contributed by atoms with Crippen LogP contribution in [0.2, 0.25) is 0 Å². The zero-order chi connectivity index (χ0) is 22.7. The molecule has 7 nitrogen and oxygen atoms in total. The van der Waals surface area contributed by atoms with Crippen LogP contribution >= 0.6 is 0 Å². The number of methoxy groups -OCH3 is 1. The molecule has 0 spiro atoms. The van der Waals surface area contributed by atoms with Crippen LogP contribution < -0.4 is 9.46 Å². The maximum Gasteiger partial charge on any atom is 0.240 e. The molecule has 1 aliphatic carbocycles. The molecule has 2 aliphatic rings. The van der Waals surface area contributed by atoms with E-state index in [4.69, 9.17) is 4.74 Å². The number of benzene rings is 2. The van der Waals surface area contributed by atoms with Gasteiger partial charge in [-0.3, -0.25) is 9.52 Å². The Morgan fingerprint density at radius 1 is 1.16 bits per heavy atom. The quantitative estimate of drug-likeness (QED) is 0.719. The first-order valence-electron chi connectivity index (χ1n) is 10.3. The molecule has 8 heteroatoms. The van der Waals surface area contributed by atoms with Crippen molar-refractivity contribution in [3.05, 3.63) is 84.0 Å². The molecule has 1 N–H and O–H groups in total. The van der Waals surface area contributed by atoms with Crippen LogP contribution in [0.4, 0.5) is 5.69 Å². The number of nitrogens with zero attached hydrogens (tertiary/aromatic N) is 2. The predicted octanol–water partition coefficient (Wildman–Crippen LogP) is 4.02. The molecule has 1 aliphatic heterocycles. The maximum absolute atomic E-state index is 12.6. The highest BCUT2D eigenvalue weighted by Gasteiger charge is 2.31. The number of rotatable bonds is 6. The van der Waals surface area contributed by atoms with Crippen molar-refractivity contribution in [3.63, 3.8) is 0 Å². The van der Waals surface area contributed by atoms with Gasteiger partial charge in [0.15, 0.2) is 0 Å². The van der Waals surface area contributed by atoms with E-state index in [-0.39, 0.29) is 11.9 Å². The third kappa shape index (κ3) is 4.60. The number of hydrogen-bond acceptors (Lipinski definition) is 5. The number of hydrazone groups is 1. The molecule has 0 bridgehead atoms. The Morgan fingerprint density at radius 3 is 2.59 bits per heavy atom. The number of ether oxygens (including phenoxy) is 1. The van der Waals surface area contributed by atoms with Gasteiger partial charge in [0.25, 0.3) is 0 Å². The van der Waals surface area contributed by atoms with Gasteiger partial charge < -0.3 is 4.74 Å². The molecule has 1 heterocycles. The Hall–Kier alpha value is -3.39. The van der Waals surface area contributed by atoms with Crippen molar-refractivity contribution in [1.29, 1.82) is 0 Å². The molecule has 1 amide bonds. The lowest BCUT2D eigenvalue weighted by molar-refractivity contribution is -0.130. The Labute approximate surface area is 188 Å². The third-order valence-electron chi connectivity index (χ3n) is 5.53. The van der Waals surface area contributed by atoms with E-state index < -0.39 is 15.3 Å². The van der Waals surface area contributed by atoms with Gasteiger partial charge in [-0.2, -0.15) is 5.10 Å². The fourth-order valence-corrected chi connectivity index (χ4v) is 5.12. The molecule has 0 fully saturated rings. The standard InChI is InChI=1S/C24H25N3O4S/c1-17(28)27-24(19-7-6-8-21(15-19)31-2)16-23(25-27)18-11-13-20(14-12-18)26-32(29,30)22-9-4-3-5-10-22/h3-9,11-15,22,24,26H,10,16H2,1-2H3. The minimum Gasteiger partial charge on any atom is -0.497 e. The monoisotopic (exact) mass is 451 g/mol. The molecule has 2 aromatic rings. The molecule has 166 valence electrons. The SMILES string of the molecule is COc1cccc(C2CC(c3ccc(NS(=O)(=O)C4C=CC=CC4)cc3)=NN2C(C)=O)c1. The van der Waals surface area contributed by atoms with Crippen molar-refractivity contribution in [1.82, 2.24) is 5.01 Å². The largest absolute Gasteiger partial charge is 0.497 e. The highest BCUT2D eigenvalue weighted by molar-refractivity contribution is 7.93. The highest BCUT2D eigenvalue weighted by Crippen LogP contribution is 2.34. The molecule has 2 unspecified atom stereocenters. The Bertz CT molecular complexity index is 1200. The van der Waals surface area contributed by atoms with Gasteiger partial charge >= 0.3 is 0 Å². The van der Waals surface area contributed by atoms with Gasteiger partial charge in [-0.05, 0) is 41.8 Å². The van der Waals surface area contributed by atoms with Crippen molar-refractivity contribution in [3.8, 4) is 5.75 Å². The van der Waals surface area contributed by atoms with Crippen LogP contribution in [0.25, 0.3) is 0 Å². The lowest BCUT2D eigenvalue weighted by Gasteiger charge is -2.20. The number of nitrogens with one attached hydrogen (secondary N) is 1. The van der Waals surface area contributed by atoms with Gasteiger partial charge in [0.1, 0.15) is 11.0 Å². The molecule has 32 heavy (non-hydrogen) atoms. The van der Waals surface area contributed by atoms with E-state index >= 15 is 0 Å².